The van der Waals surface area contributed by atoms with Crippen LogP contribution in [0.3, 0.4) is 0 Å². The van der Waals surface area contributed by atoms with E-state index in [2.05, 4.69) is 0 Å². The first-order valence-electron chi connectivity index (χ1n) is 3.65. The van der Waals surface area contributed by atoms with Gasteiger partial charge in [-0.05, 0) is 12.5 Å². The van der Waals surface area contributed by atoms with Crippen molar-refractivity contribution in [2.75, 3.05) is 0 Å². The molecule has 0 aliphatic carbocycles. The van der Waals surface area contributed by atoms with Crippen LogP contribution in [0.15, 0.2) is 12.1 Å². The number of hydrogen-bond donors (Lipinski definition) is 2. The summed E-state index contributed by atoms with van der Waals surface area (Å²) in [4.78, 5) is 20.2. The molecule has 2 N–H and O–H groups in total. The third-order valence-corrected chi connectivity index (χ3v) is 1.78. The Kier molecular flexibility index (Phi) is 2.37. The third-order valence-electron chi connectivity index (χ3n) is 1.78. The molecule has 0 atom stereocenters. The molecule has 0 spiro atoms. The van der Waals surface area contributed by atoms with Crippen LogP contribution < -0.4 is 0 Å². The maximum absolute atomic E-state index is 10.6. The second-order valence-electron chi connectivity index (χ2n) is 2.69. The van der Waals surface area contributed by atoms with Crippen molar-refractivity contribution in [3.63, 3.8) is 0 Å². The minimum atomic E-state index is -1.39. The molecule has 74 valence electrons. The Bertz CT molecular complexity index is 412. The lowest BCUT2D eigenvalue weighted by atomic mass is 10.1. The van der Waals surface area contributed by atoms with Crippen molar-refractivity contribution < 1.29 is 19.9 Å². The van der Waals surface area contributed by atoms with E-state index >= 15 is 0 Å². The first-order valence-corrected chi connectivity index (χ1v) is 3.65. The fourth-order valence-electron chi connectivity index (χ4n) is 1.10. The van der Waals surface area contributed by atoms with Crippen LogP contribution in [0, 0.1) is 17.0 Å². The number of nitrogens with zero attached hydrogens (tertiary/aromatic N) is 1. The summed E-state index contributed by atoms with van der Waals surface area (Å²) in [6, 6.07) is 2.35. The fraction of sp³-hybridized carbons (Fsp3) is 0.125. The number of rotatable bonds is 2. The van der Waals surface area contributed by atoms with Crippen molar-refractivity contribution in [2.45, 2.75) is 6.92 Å². The van der Waals surface area contributed by atoms with Crippen LogP contribution in [0.1, 0.15) is 15.9 Å². The zero-order valence-electron chi connectivity index (χ0n) is 7.22. The number of aryl methyl sites for hydroxylation is 1. The number of carboxylic acid groups (broad SMARTS) is 1. The lowest BCUT2D eigenvalue weighted by Gasteiger charge is -2.03. The molecule has 1 rings (SSSR count). The van der Waals surface area contributed by atoms with Gasteiger partial charge in [0, 0.05) is 6.07 Å². The molecule has 0 aromatic heterocycles. The Labute approximate surface area is 78.6 Å². The summed E-state index contributed by atoms with van der Waals surface area (Å²) in [5, 5.41) is 28.3. The second-order valence-corrected chi connectivity index (χ2v) is 2.69. The number of nitro benzene ring substituents is 1. The van der Waals surface area contributed by atoms with E-state index in [1.165, 1.54) is 13.0 Å². The number of benzene rings is 1. The molecule has 0 saturated heterocycles. The van der Waals surface area contributed by atoms with Crippen LogP contribution in [0.5, 0.6) is 5.75 Å². The third kappa shape index (κ3) is 1.49. The molecule has 0 heterocycles. The molecule has 1 aromatic carbocycles. The lowest BCUT2D eigenvalue weighted by molar-refractivity contribution is -0.385. The van der Waals surface area contributed by atoms with Crippen molar-refractivity contribution in [1.82, 2.24) is 0 Å². The van der Waals surface area contributed by atoms with Gasteiger partial charge in [-0.25, -0.2) is 4.79 Å². The molecule has 6 heteroatoms. The van der Waals surface area contributed by atoms with Crippen LogP contribution >= 0.6 is 0 Å². The summed E-state index contributed by atoms with van der Waals surface area (Å²) < 4.78 is 0. The van der Waals surface area contributed by atoms with E-state index in [1.54, 1.807) is 0 Å². The normalized spacial score (nSPS) is 9.79. The quantitative estimate of drug-likeness (QED) is 0.549. The summed E-state index contributed by atoms with van der Waals surface area (Å²) in [6.45, 7) is 1.45. The lowest BCUT2D eigenvalue weighted by Crippen LogP contribution is -2.02. The second kappa shape index (κ2) is 3.33. The van der Waals surface area contributed by atoms with Gasteiger partial charge in [-0.3, -0.25) is 10.1 Å². The Hall–Kier alpha value is -2.11. The highest BCUT2D eigenvalue weighted by molar-refractivity contribution is 5.94. The minimum Gasteiger partial charge on any atom is -0.501 e. The van der Waals surface area contributed by atoms with Crippen LogP contribution in [0.25, 0.3) is 0 Å². The van der Waals surface area contributed by atoms with E-state index in [1.807, 2.05) is 0 Å². The van der Waals surface area contributed by atoms with Crippen LogP contribution in [0.4, 0.5) is 5.69 Å². The van der Waals surface area contributed by atoms with Gasteiger partial charge in [0.15, 0.2) is 0 Å². The zero-order valence-corrected chi connectivity index (χ0v) is 7.22. The number of aromatic carboxylic acids is 1. The molecule has 6 nitrogen and oxygen atoms in total. The number of phenols is 1. The van der Waals surface area contributed by atoms with Gasteiger partial charge in [0.25, 0.3) is 0 Å². The monoisotopic (exact) mass is 197 g/mol. The summed E-state index contributed by atoms with van der Waals surface area (Å²) in [6.07, 6.45) is 0. The van der Waals surface area contributed by atoms with E-state index in [0.717, 1.165) is 6.07 Å². The van der Waals surface area contributed by atoms with Gasteiger partial charge in [0.1, 0.15) is 5.56 Å². The molecule has 0 radical (unpaired) electrons. The van der Waals surface area contributed by atoms with Crippen molar-refractivity contribution in [3.05, 3.63) is 33.4 Å². The molecule has 0 aliphatic heterocycles. The SMILES string of the molecule is Cc1ccc([N+](=O)[O-])c(O)c1C(=O)O. The number of hydrogen-bond acceptors (Lipinski definition) is 4. The summed E-state index contributed by atoms with van der Waals surface area (Å²) in [5.74, 6) is -2.19. The van der Waals surface area contributed by atoms with Gasteiger partial charge in [-0.15, -0.1) is 0 Å². The van der Waals surface area contributed by atoms with Crippen LogP contribution in [-0.2, 0) is 0 Å². The van der Waals surface area contributed by atoms with Crippen LogP contribution in [0.2, 0.25) is 0 Å². The van der Waals surface area contributed by atoms with Gasteiger partial charge < -0.3 is 10.2 Å². The van der Waals surface area contributed by atoms with E-state index in [4.69, 9.17) is 5.11 Å². The molecule has 0 bridgehead atoms. The molecule has 0 amide bonds. The van der Waals surface area contributed by atoms with E-state index < -0.39 is 27.9 Å². The summed E-state index contributed by atoms with van der Waals surface area (Å²) in [5.41, 5.74) is -0.757. The average molecular weight is 197 g/mol. The molecule has 1 aromatic rings. The standard InChI is InChI=1S/C8H7NO5/c1-4-2-3-5(9(13)14)7(10)6(4)8(11)12/h2-3,10H,1H3,(H,11,12). The fourth-order valence-corrected chi connectivity index (χ4v) is 1.10. The molecule has 0 unspecified atom stereocenters. The number of aromatic hydroxyl groups is 1. The average Bonchev–Trinajstić information content (AvgIpc) is 2.02. The topological polar surface area (TPSA) is 101 Å². The highest BCUT2D eigenvalue weighted by Gasteiger charge is 2.22. The van der Waals surface area contributed by atoms with Gasteiger partial charge in [0.2, 0.25) is 5.75 Å². The Morgan fingerprint density at radius 2 is 2.07 bits per heavy atom. The van der Waals surface area contributed by atoms with Gasteiger partial charge >= 0.3 is 11.7 Å². The largest absolute Gasteiger partial charge is 0.501 e. The Morgan fingerprint density at radius 3 is 2.50 bits per heavy atom. The Balaban J connectivity index is 3.49. The van der Waals surface area contributed by atoms with Gasteiger partial charge in [0.05, 0.1) is 4.92 Å². The highest BCUT2D eigenvalue weighted by atomic mass is 16.6. The molecule has 14 heavy (non-hydrogen) atoms. The molecular formula is C8H7NO5. The predicted octanol–water partition coefficient (Wildman–Crippen LogP) is 1.31. The Morgan fingerprint density at radius 1 is 1.50 bits per heavy atom. The molecule has 0 aliphatic rings. The van der Waals surface area contributed by atoms with Crippen molar-refractivity contribution in [3.8, 4) is 5.75 Å². The predicted molar refractivity (Wildman–Crippen MR) is 46.5 cm³/mol. The summed E-state index contributed by atoms with van der Waals surface area (Å²) in [7, 11) is 0. The maximum Gasteiger partial charge on any atom is 0.340 e. The minimum absolute atomic E-state index is 0.278. The van der Waals surface area contributed by atoms with Crippen LogP contribution in [-0.4, -0.2) is 21.1 Å². The van der Waals surface area contributed by atoms with E-state index in [0.29, 0.717) is 0 Å². The highest BCUT2D eigenvalue weighted by Crippen LogP contribution is 2.31. The molecule has 0 saturated carbocycles. The summed E-state index contributed by atoms with van der Waals surface area (Å²) >= 11 is 0. The smallest absolute Gasteiger partial charge is 0.340 e. The molecular weight excluding hydrogens is 190 g/mol. The van der Waals surface area contributed by atoms with Crippen molar-refractivity contribution in [1.29, 1.82) is 0 Å². The number of carboxylic acids is 1. The zero-order chi connectivity index (χ0) is 10.9. The maximum atomic E-state index is 10.6. The number of carbonyl (C=O) groups is 1. The molecule has 0 fully saturated rings. The first-order chi connectivity index (χ1) is 6.45. The van der Waals surface area contributed by atoms with E-state index in [9.17, 15) is 20.0 Å². The van der Waals surface area contributed by atoms with Crippen molar-refractivity contribution in [2.24, 2.45) is 0 Å². The van der Waals surface area contributed by atoms with Gasteiger partial charge in [-0.1, -0.05) is 6.07 Å². The number of nitro groups is 1. The van der Waals surface area contributed by atoms with Crippen molar-refractivity contribution >= 4 is 11.7 Å². The van der Waals surface area contributed by atoms with Gasteiger partial charge in [-0.2, -0.15) is 0 Å². The first kappa shape index (κ1) is 9.97. The van der Waals surface area contributed by atoms with E-state index in [-0.39, 0.29) is 5.56 Å².